The largest absolute Gasteiger partial charge is 0.333 e. The third-order valence-electron chi connectivity index (χ3n) is 2.88. The molecule has 1 aliphatic heterocycles. The van der Waals surface area contributed by atoms with Crippen LogP contribution in [0, 0.1) is 0 Å². The van der Waals surface area contributed by atoms with Crippen LogP contribution in [-0.4, -0.2) is 29.4 Å². The summed E-state index contributed by atoms with van der Waals surface area (Å²) in [6.07, 6.45) is 0. The summed E-state index contributed by atoms with van der Waals surface area (Å²) in [7, 11) is -3.02. The van der Waals surface area contributed by atoms with Gasteiger partial charge < -0.3 is 4.98 Å². The highest BCUT2D eigenvalue weighted by Gasteiger charge is 2.28. The van der Waals surface area contributed by atoms with Gasteiger partial charge in [0, 0.05) is 10.7 Å². The van der Waals surface area contributed by atoms with Crippen LogP contribution < -0.4 is 0 Å². The molecule has 0 saturated heterocycles. The van der Waals surface area contributed by atoms with Gasteiger partial charge in [-0.15, -0.1) is 17.0 Å². The first-order chi connectivity index (χ1) is 8.53. The van der Waals surface area contributed by atoms with E-state index >= 15 is 0 Å². The van der Waals surface area contributed by atoms with Gasteiger partial charge in [0.2, 0.25) is 0 Å². The van der Waals surface area contributed by atoms with E-state index in [1.54, 1.807) is 0 Å². The zero-order valence-electron chi connectivity index (χ0n) is 10.2. The summed E-state index contributed by atoms with van der Waals surface area (Å²) in [5.41, 5.74) is 2.77. The van der Waals surface area contributed by atoms with E-state index in [4.69, 9.17) is 0 Å². The second-order valence-corrected chi connectivity index (χ2v) is 7.44. The number of fused-ring (bicyclic) bond motifs is 1. The van der Waals surface area contributed by atoms with E-state index in [-0.39, 0.29) is 28.0 Å². The summed E-state index contributed by atoms with van der Waals surface area (Å²) in [6, 6.07) is 7.77. The van der Waals surface area contributed by atoms with Crippen LogP contribution in [0.5, 0.6) is 0 Å². The Bertz CT molecular complexity index is 704. The second kappa shape index (κ2) is 5.30. The van der Waals surface area contributed by atoms with Gasteiger partial charge in [0.25, 0.3) is 0 Å². The number of nitrogens with zero attached hydrogens (tertiary/aromatic N) is 1. The number of imidazole rings is 1. The molecule has 102 valence electrons. The number of thioether (sulfide) groups is 1. The number of halogens is 1. The van der Waals surface area contributed by atoms with Crippen molar-refractivity contribution in [3.05, 3.63) is 35.2 Å². The lowest BCUT2D eigenvalue weighted by Gasteiger charge is -2.06. The van der Waals surface area contributed by atoms with Crippen molar-refractivity contribution in [1.29, 1.82) is 0 Å². The zero-order valence-corrected chi connectivity index (χ0v) is 13.5. The number of rotatable bonds is 2. The Balaban J connectivity index is 0.00000133. The molecule has 1 aromatic carbocycles. The minimum absolute atomic E-state index is 0. The van der Waals surface area contributed by atoms with Crippen molar-refractivity contribution < 1.29 is 8.42 Å². The summed E-state index contributed by atoms with van der Waals surface area (Å²) in [6.45, 7) is 1.85. The molecule has 3 rings (SSSR count). The second-order valence-electron chi connectivity index (χ2n) is 4.36. The molecule has 1 atom stereocenters. The minimum Gasteiger partial charge on any atom is -0.333 e. The number of H-pyrrole nitrogens is 1. The topological polar surface area (TPSA) is 62.8 Å². The van der Waals surface area contributed by atoms with Gasteiger partial charge in [0.1, 0.15) is 0 Å². The van der Waals surface area contributed by atoms with E-state index in [9.17, 15) is 8.42 Å². The summed E-state index contributed by atoms with van der Waals surface area (Å²) in [4.78, 5) is 7.64. The quantitative estimate of drug-likeness (QED) is 0.894. The predicted octanol–water partition coefficient (Wildman–Crippen LogP) is 2.93. The number of aromatic amines is 1. The van der Waals surface area contributed by atoms with Crippen molar-refractivity contribution in [2.45, 2.75) is 17.3 Å². The van der Waals surface area contributed by atoms with Crippen molar-refractivity contribution >= 4 is 49.6 Å². The summed E-state index contributed by atoms with van der Waals surface area (Å²) >= 11 is 1.47. The van der Waals surface area contributed by atoms with Gasteiger partial charge in [-0.25, -0.2) is 13.4 Å². The van der Waals surface area contributed by atoms with E-state index in [1.807, 2.05) is 31.2 Å². The molecule has 4 nitrogen and oxygen atoms in total. The van der Waals surface area contributed by atoms with Crippen molar-refractivity contribution in [3.63, 3.8) is 0 Å². The number of nitrogens with one attached hydrogen (secondary N) is 1. The average molecular weight is 361 g/mol. The molecule has 7 heteroatoms. The fourth-order valence-electron chi connectivity index (χ4n) is 2.00. The highest BCUT2D eigenvalue weighted by molar-refractivity contribution is 8.93. The molecule has 0 radical (unpaired) electrons. The fraction of sp³-hybridized carbons (Fsp3) is 0.250. The van der Waals surface area contributed by atoms with Crippen LogP contribution in [0.4, 0.5) is 0 Å². The number of para-hydroxylation sites is 2. The maximum Gasteiger partial charge on any atom is 0.173 e. The predicted molar refractivity (Wildman–Crippen MR) is 83.6 cm³/mol. The Morgan fingerprint density at radius 2 is 2.11 bits per heavy atom. The normalized spacial score (nSPS) is 21.1. The molecule has 2 heterocycles. The SMILES string of the molecule is Br.CC1=CS(=O)(=O)CC1Sc1nc2ccccc2[nH]1. The molecule has 0 aliphatic carbocycles. The van der Waals surface area contributed by atoms with E-state index in [2.05, 4.69) is 9.97 Å². The van der Waals surface area contributed by atoms with Crippen LogP contribution in [0.15, 0.2) is 40.4 Å². The van der Waals surface area contributed by atoms with E-state index < -0.39 is 9.84 Å². The molecule has 0 saturated carbocycles. The van der Waals surface area contributed by atoms with E-state index in [0.717, 1.165) is 21.8 Å². The monoisotopic (exact) mass is 360 g/mol. The Morgan fingerprint density at radius 1 is 1.37 bits per heavy atom. The Labute approximate surface area is 126 Å². The number of benzene rings is 1. The van der Waals surface area contributed by atoms with Crippen LogP contribution in [0.1, 0.15) is 6.92 Å². The molecular weight excluding hydrogens is 348 g/mol. The van der Waals surface area contributed by atoms with Crippen molar-refractivity contribution in [2.75, 3.05) is 5.75 Å². The first-order valence-electron chi connectivity index (χ1n) is 5.56. The van der Waals surface area contributed by atoms with Crippen LogP contribution in [0.3, 0.4) is 0 Å². The van der Waals surface area contributed by atoms with Crippen LogP contribution in [0.25, 0.3) is 11.0 Å². The van der Waals surface area contributed by atoms with Gasteiger partial charge in [-0.1, -0.05) is 23.9 Å². The maximum atomic E-state index is 11.5. The Kier molecular flexibility index (Phi) is 4.08. The van der Waals surface area contributed by atoms with Gasteiger partial charge in [-0.3, -0.25) is 0 Å². The maximum absolute atomic E-state index is 11.5. The van der Waals surface area contributed by atoms with Gasteiger partial charge in [-0.05, 0) is 24.6 Å². The molecule has 1 unspecified atom stereocenters. The van der Waals surface area contributed by atoms with Crippen molar-refractivity contribution in [3.8, 4) is 0 Å². The zero-order chi connectivity index (χ0) is 12.8. The lowest BCUT2D eigenvalue weighted by molar-refractivity contribution is 0.606. The van der Waals surface area contributed by atoms with E-state index in [0.29, 0.717) is 0 Å². The summed E-state index contributed by atoms with van der Waals surface area (Å²) in [5, 5.41) is 2.11. The Hall–Kier alpha value is -0.790. The molecular formula is C12H13BrN2O2S2. The minimum atomic E-state index is -3.02. The Morgan fingerprint density at radius 3 is 2.74 bits per heavy atom. The smallest absolute Gasteiger partial charge is 0.173 e. The van der Waals surface area contributed by atoms with Crippen LogP contribution in [0.2, 0.25) is 0 Å². The van der Waals surface area contributed by atoms with Crippen molar-refractivity contribution in [2.24, 2.45) is 0 Å². The molecule has 1 N–H and O–H groups in total. The first-order valence-corrected chi connectivity index (χ1v) is 8.15. The molecule has 0 spiro atoms. The van der Waals surface area contributed by atoms with Gasteiger partial charge in [0.05, 0.1) is 16.8 Å². The van der Waals surface area contributed by atoms with Crippen molar-refractivity contribution in [1.82, 2.24) is 9.97 Å². The highest BCUT2D eigenvalue weighted by atomic mass is 79.9. The lowest BCUT2D eigenvalue weighted by atomic mass is 10.3. The molecule has 1 aromatic heterocycles. The highest BCUT2D eigenvalue weighted by Crippen LogP contribution is 2.32. The molecule has 0 fully saturated rings. The molecule has 0 bridgehead atoms. The number of sulfone groups is 1. The van der Waals surface area contributed by atoms with Crippen LogP contribution in [-0.2, 0) is 9.84 Å². The first kappa shape index (κ1) is 14.6. The van der Waals surface area contributed by atoms with Crippen LogP contribution >= 0.6 is 28.7 Å². The summed E-state index contributed by atoms with van der Waals surface area (Å²) in [5.74, 6) is 0.167. The molecule has 19 heavy (non-hydrogen) atoms. The van der Waals surface area contributed by atoms with Gasteiger partial charge >= 0.3 is 0 Å². The van der Waals surface area contributed by atoms with Gasteiger partial charge in [-0.2, -0.15) is 0 Å². The third-order valence-corrected chi connectivity index (χ3v) is 5.86. The van der Waals surface area contributed by atoms with E-state index in [1.165, 1.54) is 17.2 Å². The van der Waals surface area contributed by atoms with Gasteiger partial charge in [0.15, 0.2) is 15.0 Å². The standard InChI is InChI=1S/C12H12N2O2S2.BrH/c1-8-6-18(15,16)7-11(8)17-12-13-9-4-2-3-5-10(9)14-12;/h2-6,11H,7H2,1H3,(H,13,14);1H. The number of hydrogen-bond acceptors (Lipinski definition) is 4. The number of aromatic nitrogens is 2. The molecule has 1 aliphatic rings. The molecule has 0 amide bonds. The number of hydrogen-bond donors (Lipinski definition) is 1. The summed E-state index contributed by atoms with van der Waals surface area (Å²) < 4.78 is 23.0. The third kappa shape index (κ3) is 3.04. The average Bonchev–Trinajstić information content (AvgIpc) is 2.79. The molecule has 2 aromatic rings. The lowest BCUT2D eigenvalue weighted by Crippen LogP contribution is -2.09. The fourth-order valence-corrected chi connectivity index (χ4v) is 5.28.